The van der Waals surface area contributed by atoms with Gasteiger partial charge in [0, 0.05) is 54.0 Å². The summed E-state index contributed by atoms with van der Waals surface area (Å²) in [5, 5.41) is 6.79. The average Bonchev–Trinajstić information content (AvgIpc) is 2.97. The first kappa shape index (κ1) is 23.6. The molecule has 0 radical (unpaired) electrons. The number of piperidine rings is 1. The lowest BCUT2D eigenvalue weighted by molar-refractivity contribution is 0.00545. The quantitative estimate of drug-likeness (QED) is 0.516. The summed E-state index contributed by atoms with van der Waals surface area (Å²) >= 11 is 0. The molecule has 0 aliphatic carbocycles. The first-order valence-corrected chi connectivity index (χ1v) is 12.6. The van der Waals surface area contributed by atoms with Crippen LogP contribution in [0.1, 0.15) is 52.0 Å². The number of amides is 1. The van der Waals surface area contributed by atoms with E-state index in [0.29, 0.717) is 18.1 Å². The van der Waals surface area contributed by atoms with Gasteiger partial charge in [0.2, 0.25) is 0 Å². The highest BCUT2D eigenvalue weighted by molar-refractivity contribution is 7.84. The molecule has 0 saturated carbocycles. The number of fused-ring (bicyclic) bond motifs is 2. The number of carbonyl (C=O) groups is 1. The summed E-state index contributed by atoms with van der Waals surface area (Å²) in [6.45, 7) is 6.32. The number of nitrogens with zero attached hydrogens (tertiary/aromatic N) is 2. The standard InChI is InChI=1S/C23H36N4O3S/c1-23(2,3)30-22(28)27-19-10-11-20(27)15-18(14-19)26-21(24-4)25-12-13-31(29)16-17-8-6-5-7-9-17/h5-9,18-20H,10-16H2,1-4H3,(H2,24,25,26). The molecule has 3 atom stereocenters. The van der Waals surface area contributed by atoms with E-state index in [2.05, 4.69) is 15.6 Å². The number of benzene rings is 1. The van der Waals surface area contributed by atoms with Crippen LogP contribution in [0.3, 0.4) is 0 Å². The Morgan fingerprint density at radius 2 is 1.84 bits per heavy atom. The molecule has 31 heavy (non-hydrogen) atoms. The van der Waals surface area contributed by atoms with Crippen LogP contribution >= 0.6 is 0 Å². The molecule has 2 bridgehead atoms. The number of carbonyl (C=O) groups excluding carboxylic acids is 1. The minimum absolute atomic E-state index is 0.193. The lowest BCUT2D eigenvalue weighted by Gasteiger charge is -2.40. The third-order valence-corrected chi connectivity index (χ3v) is 7.01. The summed E-state index contributed by atoms with van der Waals surface area (Å²) in [6.07, 6.45) is 3.62. The average molecular weight is 449 g/mol. The first-order valence-electron chi connectivity index (χ1n) is 11.1. The Labute approximate surface area is 188 Å². The second-order valence-electron chi connectivity index (χ2n) is 9.36. The van der Waals surface area contributed by atoms with Crippen molar-refractivity contribution in [3.8, 4) is 0 Å². The monoisotopic (exact) mass is 448 g/mol. The van der Waals surface area contributed by atoms with Crippen LogP contribution in [0.2, 0.25) is 0 Å². The zero-order valence-electron chi connectivity index (χ0n) is 19.1. The van der Waals surface area contributed by atoms with Gasteiger partial charge >= 0.3 is 6.09 Å². The molecule has 2 fully saturated rings. The number of nitrogens with one attached hydrogen (secondary N) is 2. The van der Waals surface area contributed by atoms with Crippen LogP contribution in [0.15, 0.2) is 35.3 Å². The minimum Gasteiger partial charge on any atom is -0.444 e. The first-order chi connectivity index (χ1) is 14.7. The Morgan fingerprint density at radius 3 is 2.42 bits per heavy atom. The van der Waals surface area contributed by atoms with Crippen molar-refractivity contribution in [1.82, 2.24) is 15.5 Å². The number of aliphatic imine (C=N–C) groups is 1. The molecular formula is C23H36N4O3S. The summed E-state index contributed by atoms with van der Waals surface area (Å²) in [5.74, 6) is 1.87. The maximum Gasteiger partial charge on any atom is 0.410 e. The van der Waals surface area contributed by atoms with Gasteiger partial charge in [0.15, 0.2) is 5.96 Å². The molecule has 2 saturated heterocycles. The Hall–Kier alpha value is -2.09. The maximum absolute atomic E-state index is 12.6. The number of ether oxygens (including phenoxy) is 1. The second kappa shape index (κ2) is 10.5. The summed E-state index contributed by atoms with van der Waals surface area (Å²) in [5.41, 5.74) is 0.619. The molecule has 3 rings (SSSR count). The number of rotatable bonds is 6. The van der Waals surface area contributed by atoms with Gasteiger partial charge in [-0.25, -0.2) is 4.79 Å². The maximum atomic E-state index is 12.6. The van der Waals surface area contributed by atoms with Gasteiger partial charge in [-0.15, -0.1) is 0 Å². The topological polar surface area (TPSA) is 83.0 Å². The molecule has 3 unspecified atom stereocenters. The second-order valence-corrected chi connectivity index (χ2v) is 10.9. The van der Waals surface area contributed by atoms with Gasteiger partial charge in [0.05, 0.1) is 0 Å². The molecule has 172 valence electrons. The van der Waals surface area contributed by atoms with E-state index >= 15 is 0 Å². The molecule has 1 aromatic rings. The van der Waals surface area contributed by atoms with Crippen molar-refractivity contribution in [2.24, 2.45) is 4.99 Å². The molecule has 2 N–H and O–H groups in total. The van der Waals surface area contributed by atoms with Crippen molar-refractivity contribution in [3.05, 3.63) is 35.9 Å². The van der Waals surface area contributed by atoms with Gasteiger partial charge in [-0.05, 0) is 52.0 Å². The summed E-state index contributed by atoms with van der Waals surface area (Å²) in [7, 11) is 0.831. The fourth-order valence-electron chi connectivity index (χ4n) is 4.41. The lowest BCUT2D eigenvalue weighted by Crippen LogP contribution is -2.55. The Bertz CT molecular complexity index is 780. The van der Waals surface area contributed by atoms with E-state index in [1.165, 1.54) is 0 Å². The van der Waals surface area contributed by atoms with E-state index in [1.54, 1.807) is 7.05 Å². The van der Waals surface area contributed by atoms with Crippen LogP contribution < -0.4 is 10.6 Å². The molecule has 8 heteroatoms. The highest BCUT2D eigenvalue weighted by Crippen LogP contribution is 2.36. The zero-order chi connectivity index (χ0) is 22.4. The molecule has 2 aliphatic rings. The molecule has 1 amide bonds. The lowest BCUT2D eigenvalue weighted by atomic mass is 9.98. The molecule has 1 aromatic carbocycles. The van der Waals surface area contributed by atoms with Gasteiger partial charge in [0.1, 0.15) is 5.60 Å². The van der Waals surface area contributed by atoms with E-state index < -0.39 is 16.4 Å². The molecule has 0 aromatic heterocycles. The Kier molecular flexibility index (Phi) is 7.97. The predicted octanol–water partition coefficient (Wildman–Crippen LogP) is 3.03. The fourth-order valence-corrected chi connectivity index (χ4v) is 5.45. The third kappa shape index (κ3) is 6.95. The van der Waals surface area contributed by atoms with Crippen molar-refractivity contribution >= 4 is 22.9 Å². The van der Waals surface area contributed by atoms with E-state index in [0.717, 1.165) is 37.2 Å². The summed E-state index contributed by atoms with van der Waals surface area (Å²) in [6, 6.07) is 10.6. The number of hydrogen-bond donors (Lipinski definition) is 2. The van der Waals surface area contributed by atoms with Crippen molar-refractivity contribution in [1.29, 1.82) is 0 Å². The van der Waals surface area contributed by atoms with Crippen LogP contribution in [0.25, 0.3) is 0 Å². The fraction of sp³-hybridized carbons (Fsp3) is 0.652. The van der Waals surface area contributed by atoms with E-state index in [1.807, 2.05) is 56.0 Å². The number of guanidine groups is 1. The highest BCUT2D eigenvalue weighted by atomic mass is 32.2. The summed E-state index contributed by atoms with van der Waals surface area (Å²) in [4.78, 5) is 18.9. The van der Waals surface area contributed by atoms with Crippen molar-refractivity contribution in [2.75, 3.05) is 19.3 Å². The summed E-state index contributed by atoms with van der Waals surface area (Å²) < 4.78 is 17.9. The largest absolute Gasteiger partial charge is 0.444 e. The molecule has 2 aliphatic heterocycles. The normalized spacial score (nSPS) is 24.6. The minimum atomic E-state index is -0.920. The Balaban J connectivity index is 1.43. The SMILES string of the molecule is CN=C(NCCS(=O)Cc1ccccc1)NC1CC2CCC(C1)N2C(=O)OC(C)(C)C. The number of hydrogen-bond acceptors (Lipinski definition) is 4. The zero-order valence-corrected chi connectivity index (χ0v) is 19.9. The van der Waals surface area contributed by atoms with E-state index in [4.69, 9.17) is 4.74 Å². The van der Waals surface area contributed by atoms with E-state index in [-0.39, 0.29) is 24.2 Å². The van der Waals surface area contributed by atoms with Crippen molar-refractivity contribution in [3.63, 3.8) is 0 Å². The van der Waals surface area contributed by atoms with Gasteiger partial charge in [-0.1, -0.05) is 30.3 Å². The Morgan fingerprint density at radius 1 is 1.19 bits per heavy atom. The predicted molar refractivity (Wildman–Crippen MR) is 126 cm³/mol. The van der Waals surface area contributed by atoms with Gasteiger partial charge in [-0.3, -0.25) is 9.20 Å². The van der Waals surface area contributed by atoms with Crippen molar-refractivity contribution < 1.29 is 13.7 Å². The van der Waals surface area contributed by atoms with Crippen molar-refractivity contribution in [2.45, 2.75) is 75.9 Å². The smallest absolute Gasteiger partial charge is 0.410 e. The molecular weight excluding hydrogens is 412 g/mol. The third-order valence-electron chi connectivity index (χ3n) is 5.69. The molecule has 7 nitrogen and oxygen atoms in total. The van der Waals surface area contributed by atoms with Gasteiger partial charge in [0.25, 0.3) is 0 Å². The van der Waals surface area contributed by atoms with Crippen LogP contribution in [0.5, 0.6) is 0 Å². The van der Waals surface area contributed by atoms with E-state index in [9.17, 15) is 9.00 Å². The highest BCUT2D eigenvalue weighted by Gasteiger charge is 2.45. The molecule has 2 heterocycles. The van der Waals surface area contributed by atoms with Crippen LogP contribution in [-0.2, 0) is 21.3 Å². The van der Waals surface area contributed by atoms with Gasteiger partial charge < -0.3 is 20.3 Å². The van der Waals surface area contributed by atoms with Crippen LogP contribution in [-0.4, -0.2) is 64.2 Å². The van der Waals surface area contributed by atoms with Crippen LogP contribution in [0.4, 0.5) is 4.79 Å². The van der Waals surface area contributed by atoms with Gasteiger partial charge in [-0.2, -0.15) is 0 Å². The molecule has 0 spiro atoms. The van der Waals surface area contributed by atoms with Crippen LogP contribution in [0, 0.1) is 0 Å².